The van der Waals surface area contributed by atoms with Crippen molar-refractivity contribution in [3.8, 4) is 0 Å². The number of hydrogen-bond donors (Lipinski definition) is 1. The largest absolute Gasteiger partial charge is 0.463 e. The number of hydrogen-bond acceptors (Lipinski definition) is 15. The first kappa shape index (κ1) is 46.3. The van der Waals surface area contributed by atoms with E-state index in [0.29, 0.717) is 12.3 Å². The highest BCUT2D eigenvalue weighted by atomic mass is 28.5. The van der Waals surface area contributed by atoms with Gasteiger partial charge in [-0.15, -0.1) is 0 Å². The summed E-state index contributed by atoms with van der Waals surface area (Å²) < 4.78 is 66.9. The molecule has 0 aromatic heterocycles. The monoisotopic (exact) mass is 869 g/mol. The Bertz CT molecular complexity index is 1640. The number of ether oxygens (including phenoxy) is 7. The molecule has 59 heavy (non-hydrogen) atoms. The van der Waals surface area contributed by atoms with Gasteiger partial charge in [0.2, 0.25) is 0 Å². The number of fused-ring (bicyclic) bond motifs is 6. The molecule has 6 aliphatic rings. The lowest BCUT2D eigenvalue weighted by molar-refractivity contribution is -0.311. The lowest BCUT2D eigenvalue weighted by Gasteiger charge is -2.50. The predicted molar refractivity (Wildman–Crippen MR) is 215 cm³/mol. The smallest absolute Gasteiger partial charge is 0.335 e. The van der Waals surface area contributed by atoms with E-state index in [4.69, 9.17) is 46.1 Å². The van der Waals surface area contributed by atoms with Crippen LogP contribution >= 0.6 is 0 Å². The van der Waals surface area contributed by atoms with Crippen molar-refractivity contribution >= 4 is 35.0 Å². The molecule has 0 aromatic carbocycles. The lowest BCUT2D eigenvalue weighted by atomic mass is 9.68. The SMILES string of the molecule is CC(=O)OC[C@H]1O[C@H](O[C@@H]2[C@@H](O)[C@@H]3OC4(C[C@@H]5CC[C@@]4(C)C5(C)C)O[C@@H]3[C@@H]3O[Si](C(C)C)(C(C)C)O[Si](C(C)C)(C(C)C)O[C@H]32)[C@H](N=[N+]=[N-])[C@@H](OC(C)=O)[C@@H]1OC(C)=O. The van der Waals surface area contributed by atoms with E-state index in [1.54, 1.807) is 0 Å². The van der Waals surface area contributed by atoms with Crippen LogP contribution in [-0.2, 0) is 60.5 Å². The van der Waals surface area contributed by atoms with Gasteiger partial charge < -0.3 is 51.2 Å². The molecule has 3 saturated heterocycles. The normalized spacial score (nSPS) is 41.7. The minimum Gasteiger partial charge on any atom is -0.463 e. The molecular formula is C40H67N3O14Si2. The average Bonchev–Trinajstić information content (AvgIpc) is 3.60. The molecule has 17 nitrogen and oxygen atoms in total. The molecule has 3 aliphatic heterocycles. The molecule has 1 spiro atoms. The minimum atomic E-state index is -3.32. The van der Waals surface area contributed by atoms with Gasteiger partial charge in [-0.2, -0.15) is 0 Å². The molecule has 1 unspecified atom stereocenters. The summed E-state index contributed by atoms with van der Waals surface area (Å²) in [7, 11) is -6.56. The van der Waals surface area contributed by atoms with Crippen LogP contribution in [-0.4, -0.2) is 120 Å². The average molecular weight is 870 g/mol. The number of carbonyl (C=O) groups is 3. The molecule has 0 radical (unpaired) electrons. The van der Waals surface area contributed by atoms with Gasteiger partial charge in [0.25, 0.3) is 0 Å². The van der Waals surface area contributed by atoms with E-state index in [2.05, 4.69) is 86.2 Å². The van der Waals surface area contributed by atoms with Gasteiger partial charge in [-0.1, -0.05) is 81.3 Å². The van der Waals surface area contributed by atoms with Crippen LogP contribution in [0.1, 0.15) is 116 Å². The molecule has 3 aliphatic carbocycles. The van der Waals surface area contributed by atoms with Gasteiger partial charge >= 0.3 is 35.0 Å². The molecular weight excluding hydrogens is 803 g/mol. The second-order valence-corrected chi connectivity index (χ2v) is 28.3. The highest BCUT2D eigenvalue weighted by Gasteiger charge is 2.77. The molecule has 3 heterocycles. The van der Waals surface area contributed by atoms with Crippen LogP contribution in [0.2, 0.25) is 22.2 Å². The van der Waals surface area contributed by atoms with Crippen LogP contribution in [0.3, 0.4) is 0 Å². The van der Waals surface area contributed by atoms with E-state index in [9.17, 15) is 25.0 Å². The van der Waals surface area contributed by atoms with E-state index in [1.165, 1.54) is 6.92 Å². The van der Waals surface area contributed by atoms with E-state index in [1.807, 2.05) is 0 Å². The third kappa shape index (κ3) is 7.51. The van der Waals surface area contributed by atoms with E-state index in [0.717, 1.165) is 26.7 Å². The van der Waals surface area contributed by atoms with Gasteiger partial charge in [0.05, 0.1) is 0 Å². The first-order chi connectivity index (χ1) is 27.4. The summed E-state index contributed by atoms with van der Waals surface area (Å²) in [4.78, 5) is 40.1. The Morgan fingerprint density at radius 1 is 0.797 bits per heavy atom. The summed E-state index contributed by atoms with van der Waals surface area (Å²) in [5, 5.41) is 16.8. The van der Waals surface area contributed by atoms with Crippen molar-refractivity contribution in [2.45, 2.75) is 211 Å². The highest BCUT2D eigenvalue weighted by molar-refractivity contribution is 6.84. The van der Waals surface area contributed by atoms with E-state index in [-0.39, 0.29) is 33.0 Å². The number of aliphatic hydroxyl groups is 1. The van der Waals surface area contributed by atoms with Gasteiger partial charge in [-0.25, -0.2) is 0 Å². The fourth-order valence-corrected chi connectivity index (χ4v) is 22.5. The van der Waals surface area contributed by atoms with Crippen LogP contribution < -0.4 is 0 Å². The standard InChI is InChI=1S/C40H67N3O14Si2/c1-19(2)58(20(3)4)55-35-32(52-37-28(42-43-41)31(50-25(11)46)30(49-24(10)45)27(51-37)18-48-23(9)44)29(47)33-34(36(35)56-59(57-58,21(5)6)22(7)8)54-40(53-33)17-26-15-16-39(40,14)38(26,12)13/h19-22,26-37,47H,15-18H2,1-14H3/t26-,27+,28+,29+,30+,31+,32+,33-,34-,35-,36-,37+,39-,40?/m0/s1. The summed E-state index contributed by atoms with van der Waals surface area (Å²) >= 11 is 0. The quantitative estimate of drug-likeness (QED) is 0.0609. The van der Waals surface area contributed by atoms with E-state index < -0.39 is 115 Å². The number of aliphatic hydroxyl groups excluding tert-OH is 1. The second-order valence-electron chi connectivity index (χ2n) is 19.5. The molecule has 19 heteroatoms. The fraction of sp³-hybridized carbons (Fsp3) is 0.925. The summed E-state index contributed by atoms with van der Waals surface area (Å²) in [6, 6.07) is -1.46. The number of rotatable bonds is 11. The molecule has 6 fully saturated rings. The Morgan fingerprint density at radius 2 is 1.34 bits per heavy atom. The van der Waals surface area contributed by atoms with Gasteiger partial charge in [-0.3, -0.25) is 14.4 Å². The molecule has 3 saturated carbocycles. The Balaban J connectivity index is 1.51. The van der Waals surface area contributed by atoms with Crippen LogP contribution in [0.25, 0.3) is 10.4 Å². The van der Waals surface area contributed by atoms with Crippen molar-refractivity contribution < 1.29 is 65.6 Å². The van der Waals surface area contributed by atoms with Crippen molar-refractivity contribution in [2.75, 3.05) is 6.61 Å². The lowest BCUT2D eigenvalue weighted by Crippen LogP contribution is -2.69. The van der Waals surface area contributed by atoms with Crippen LogP contribution in [0.15, 0.2) is 5.11 Å². The van der Waals surface area contributed by atoms with Crippen LogP contribution in [0.4, 0.5) is 0 Å². The van der Waals surface area contributed by atoms with E-state index >= 15 is 0 Å². The van der Waals surface area contributed by atoms with Crippen molar-refractivity contribution in [3.05, 3.63) is 10.4 Å². The highest BCUT2D eigenvalue weighted by Crippen LogP contribution is 2.73. The van der Waals surface area contributed by atoms with Gasteiger partial charge in [0, 0.05) is 37.5 Å². The van der Waals surface area contributed by atoms with Gasteiger partial charge in [-0.05, 0) is 51.9 Å². The molecule has 0 amide bonds. The fourth-order valence-electron chi connectivity index (χ4n) is 11.2. The first-order valence-corrected chi connectivity index (χ1v) is 25.3. The first-order valence-electron chi connectivity index (χ1n) is 21.3. The van der Waals surface area contributed by atoms with Crippen molar-refractivity contribution in [1.29, 1.82) is 0 Å². The minimum absolute atomic E-state index is 0.0186. The Morgan fingerprint density at radius 3 is 1.81 bits per heavy atom. The van der Waals surface area contributed by atoms with Gasteiger partial charge in [0.15, 0.2) is 24.3 Å². The summed E-state index contributed by atoms with van der Waals surface area (Å²) in [6.45, 7) is 26.7. The number of azide groups is 1. The van der Waals surface area contributed by atoms with Crippen molar-refractivity contribution in [1.82, 2.24) is 0 Å². The van der Waals surface area contributed by atoms with Crippen molar-refractivity contribution in [3.63, 3.8) is 0 Å². The van der Waals surface area contributed by atoms with Gasteiger partial charge in [0.1, 0.15) is 55.4 Å². The zero-order valence-electron chi connectivity index (χ0n) is 37.2. The second kappa shape index (κ2) is 16.5. The summed E-state index contributed by atoms with van der Waals surface area (Å²) in [5.41, 5.74) is 9.20. The summed E-state index contributed by atoms with van der Waals surface area (Å²) in [6.07, 6.45) is -9.35. The maximum absolute atomic E-state index is 12.8. The topological polar surface area (TPSA) is 212 Å². The van der Waals surface area contributed by atoms with Crippen LogP contribution in [0.5, 0.6) is 0 Å². The Hall–Kier alpha value is -2.17. The Labute approximate surface area is 350 Å². The summed E-state index contributed by atoms with van der Waals surface area (Å²) in [5.74, 6) is -2.86. The molecule has 0 aromatic rings. The number of carbonyl (C=O) groups excluding carboxylic acids is 3. The third-order valence-corrected chi connectivity index (χ3v) is 25.0. The predicted octanol–water partition coefficient (Wildman–Crippen LogP) is 6.23. The molecule has 334 valence electrons. The van der Waals surface area contributed by atoms with Crippen LogP contribution in [0, 0.1) is 16.7 Å². The Kier molecular flexibility index (Phi) is 13.0. The van der Waals surface area contributed by atoms with Crippen molar-refractivity contribution in [2.24, 2.45) is 21.9 Å². The zero-order valence-corrected chi connectivity index (χ0v) is 39.2. The maximum Gasteiger partial charge on any atom is 0.335 e. The number of esters is 3. The molecule has 2 bridgehead atoms. The maximum atomic E-state index is 12.8. The number of nitrogens with zero attached hydrogens (tertiary/aromatic N) is 3. The third-order valence-electron chi connectivity index (χ3n) is 14.7. The molecule has 6 rings (SSSR count). The zero-order chi connectivity index (χ0) is 43.8. The molecule has 14 atom stereocenters. The molecule has 1 N–H and O–H groups in total.